The summed E-state index contributed by atoms with van der Waals surface area (Å²) in [6.07, 6.45) is -11.4. The van der Waals surface area contributed by atoms with Gasteiger partial charge in [-0.1, -0.05) is 6.07 Å². The molecule has 1 fully saturated rings. The molecule has 0 radical (unpaired) electrons. The summed E-state index contributed by atoms with van der Waals surface area (Å²) in [7, 11) is 1.08. The molecule has 1 saturated heterocycles. The van der Waals surface area contributed by atoms with Crippen LogP contribution in [0.25, 0.3) is 5.70 Å². The summed E-state index contributed by atoms with van der Waals surface area (Å²) in [5, 5.41) is 10.8. The van der Waals surface area contributed by atoms with Gasteiger partial charge >= 0.3 is 18.4 Å². The number of fused-ring (bicyclic) bond motifs is 1. The highest BCUT2D eigenvalue weighted by Crippen LogP contribution is 2.45. The first-order valence-electron chi connectivity index (χ1n) is 17.5. The van der Waals surface area contributed by atoms with Crippen molar-refractivity contribution in [3.8, 4) is 5.75 Å². The second-order valence-electron chi connectivity index (χ2n) is 12.7. The van der Waals surface area contributed by atoms with Gasteiger partial charge in [0.1, 0.15) is 17.6 Å². The minimum Gasteiger partial charge on any atom is -0.409 e. The number of carbonyl (C=O) groups is 5. The average molecular weight is 838 g/mol. The van der Waals surface area contributed by atoms with Crippen LogP contribution in [-0.4, -0.2) is 87.2 Å². The number of nitrogens with zero attached hydrogens (tertiary/aromatic N) is 3. The van der Waals surface area contributed by atoms with E-state index >= 15 is 0 Å². The van der Waals surface area contributed by atoms with Gasteiger partial charge in [0.2, 0.25) is 11.8 Å². The third-order valence-electron chi connectivity index (χ3n) is 8.83. The molecule has 0 aliphatic carbocycles. The number of halogens is 7. The van der Waals surface area contributed by atoms with Crippen LogP contribution in [0.5, 0.6) is 5.75 Å². The molecule has 0 saturated carbocycles. The van der Waals surface area contributed by atoms with Crippen molar-refractivity contribution in [2.45, 2.75) is 31.2 Å². The fraction of sp³-hybridized carbons (Fsp3) is 0.324. The average Bonchev–Trinajstić information content (AvgIpc) is 3.43. The van der Waals surface area contributed by atoms with Crippen molar-refractivity contribution in [2.75, 3.05) is 56.8 Å². The Bertz CT molecular complexity index is 2150. The predicted octanol–water partition coefficient (Wildman–Crippen LogP) is 5.96. The number of anilines is 2. The molecule has 0 bridgehead atoms. The Hall–Kier alpha value is -6.42. The first-order valence-corrected chi connectivity index (χ1v) is 17.5. The number of imide groups is 2. The quantitative estimate of drug-likeness (QED) is 0.0579. The van der Waals surface area contributed by atoms with Crippen LogP contribution < -0.4 is 25.6 Å². The topological polar surface area (TPSA) is 192 Å². The highest BCUT2D eigenvalue weighted by Gasteiger charge is 2.46. The summed E-state index contributed by atoms with van der Waals surface area (Å²) in [5.41, 5.74) is 2.54. The van der Waals surface area contributed by atoms with Gasteiger partial charge in [0.05, 0.1) is 48.7 Å². The minimum atomic E-state index is -5.46. The maximum atomic E-state index is 14.1. The van der Waals surface area contributed by atoms with Crippen LogP contribution in [0.2, 0.25) is 0 Å². The van der Waals surface area contributed by atoms with Gasteiger partial charge in [0, 0.05) is 49.7 Å². The molecule has 15 nitrogen and oxygen atoms in total. The molecule has 1 atom stereocenters. The molecular weight excluding hydrogens is 803 g/mol. The Balaban J connectivity index is 1.13. The summed E-state index contributed by atoms with van der Waals surface area (Å²) in [5.74, 6) is -4.60. The first-order chi connectivity index (χ1) is 27.9. The zero-order valence-corrected chi connectivity index (χ0v) is 30.8. The van der Waals surface area contributed by atoms with E-state index in [4.69, 9.17) is 19.7 Å². The van der Waals surface area contributed by atoms with Crippen LogP contribution in [0.4, 0.5) is 46.9 Å². The van der Waals surface area contributed by atoms with E-state index in [-0.39, 0.29) is 81.3 Å². The normalized spacial score (nSPS) is 15.8. The van der Waals surface area contributed by atoms with E-state index in [0.717, 1.165) is 42.4 Å². The summed E-state index contributed by atoms with van der Waals surface area (Å²) in [4.78, 5) is 64.5. The Morgan fingerprint density at radius 1 is 0.949 bits per heavy atom. The molecule has 22 heteroatoms. The Morgan fingerprint density at radius 2 is 1.63 bits per heavy atom. The van der Waals surface area contributed by atoms with Crippen molar-refractivity contribution < 1.29 is 68.9 Å². The number of carbonyl (C=O) groups excluding carboxylic acids is 5. The molecule has 5 amide bonds. The van der Waals surface area contributed by atoms with Gasteiger partial charge in [-0.05, 0) is 55.0 Å². The van der Waals surface area contributed by atoms with Gasteiger partial charge in [-0.25, -0.2) is 14.7 Å². The van der Waals surface area contributed by atoms with Gasteiger partial charge in [-0.3, -0.25) is 34.3 Å². The summed E-state index contributed by atoms with van der Waals surface area (Å²) >= 11 is 0. The Labute approximate surface area is 329 Å². The van der Waals surface area contributed by atoms with Gasteiger partial charge < -0.3 is 24.8 Å². The van der Waals surface area contributed by atoms with E-state index in [0.29, 0.717) is 10.6 Å². The molecule has 2 heterocycles. The summed E-state index contributed by atoms with van der Waals surface area (Å²) in [6.45, 7) is 0.290. The zero-order chi connectivity index (χ0) is 43.1. The molecule has 2 aliphatic rings. The number of alkyl halides is 6. The van der Waals surface area contributed by atoms with Gasteiger partial charge in [0.15, 0.2) is 5.75 Å². The third kappa shape index (κ3) is 10.4. The fourth-order valence-corrected chi connectivity index (χ4v) is 5.94. The molecular formula is C37H34F7N7O8. The Kier molecular flexibility index (Phi) is 13.7. The van der Waals surface area contributed by atoms with E-state index in [1.807, 2.05) is 0 Å². The fourth-order valence-electron chi connectivity index (χ4n) is 5.94. The highest BCUT2D eigenvalue weighted by molar-refractivity contribution is 6.25. The monoisotopic (exact) mass is 837 g/mol. The van der Waals surface area contributed by atoms with Crippen molar-refractivity contribution >= 4 is 46.8 Å². The third-order valence-corrected chi connectivity index (χ3v) is 8.83. The summed E-state index contributed by atoms with van der Waals surface area (Å²) < 4.78 is 113. The number of piperidine rings is 1. The molecule has 1 unspecified atom stereocenters. The largest absolute Gasteiger partial charge is 0.420 e. The maximum absolute atomic E-state index is 14.1. The molecule has 0 aromatic heterocycles. The molecule has 3 aromatic carbocycles. The minimum absolute atomic E-state index is 0.00910. The number of rotatable bonds is 16. The molecule has 59 heavy (non-hydrogen) atoms. The van der Waals surface area contributed by atoms with Gasteiger partial charge in [-0.2, -0.15) is 31.5 Å². The lowest BCUT2D eigenvalue weighted by atomic mass is 10.0. The maximum Gasteiger partial charge on any atom is 0.420 e. The molecule has 3 aromatic rings. The van der Waals surface area contributed by atoms with Crippen molar-refractivity contribution in [3.63, 3.8) is 0 Å². The number of amides is 5. The SMILES string of the molecule is CN(C(=O)Oc1c(/C(=C/NCCOCCOCCNc2cccc3c2C(=O)N(C2CCC(=O)NC2=O)C3=O)N=N)cc(C(F)(F)F)cc1C(F)(F)F)c1ccc(F)cc1. The lowest BCUT2D eigenvalue weighted by Crippen LogP contribution is -2.54. The second-order valence-corrected chi connectivity index (χ2v) is 12.7. The lowest BCUT2D eigenvalue weighted by molar-refractivity contribution is -0.144. The zero-order valence-electron chi connectivity index (χ0n) is 30.8. The summed E-state index contributed by atoms with van der Waals surface area (Å²) in [6, 6.07) is 7.63. The van der Waals surface area contributed by atoms with Crippen LogP contribution in [0.15, 0.2) is 65.9 Å². The van der Waals surface area contributed by atoms with Crippen LogP contribution in [-0.2, 0) is 31.4 Å². The molecule has 2 aliphatic heterocycles. The number of benzene rings is 3. The number of ether oxygens (including phenoxy) is 3. The second kappa shape index (κ2) is 18.4. The van der Waals surface area contributed by atoms with Crippen molar-refractivity contribution in [3.05, 3.63) is 94.4 Å². The molecule has 314 valence electrons. The van der Waals surface area contributed by atoms with Crippen molar-refractivity contribution in [2.24, 2.45) is 5.11 Å². The van der Waals surface area contributed by atoms with E-state index in [1.54, 1.807) is 12.1 Å². The molecule has 4 N–H and O–H groups in total. The van der Waals surface area contributed by atoms with E-state index in [1.165, 1.54) is 6.07 Å². The van der Waals surface area contributed by atoms with E-state index in [2.05, 4.69) is 21.1 Å². The first kappa shape index (κ1) is 43.7. The van der Waals surface area contributed by atoms with Gasteiger partial charge in [-0.15, -0.1) is 0 Å². The van der Waals surface area contributed by atoms with Crippen molar-refractivity contribution in [1.82, 2.24) is 15.5 Å². The predicted molar refractivity (Wildman–Crippen MR) is 192 cm³/mol. The standard InChI is InChI=1S/C37H34F7N7O8/c1-50(22-7-5-21(38)6-8-22)35(56)59-31-24(17-20(36(39,40)41)18-25(31)37(42,43)44)27(49-45)19-46-11-13-57-15-16-58-14-12-47-26-4-2-3-23-30(26)34(55)51(33(23)54)28-9-10-29(52)48-32(28)53/h2-8,17-19,28,45-47H,9-16H2,1H3,(H,48,52,53)/b27-19-,49-45?. The van der Waals surface area contributed by atoms with Crippen LogP contribution in [0, 0.1) is 11.3 Å². The number of hydrogen-bond donors (Lipinski definition) is 4. The Morgan fingerprint density at radius 3 is 2.25 bits per heavy atom. The number of nitrogens with one attached hydrogen (secondary N) is 4. The van der Waals surface area contributed by atoms with E-state index in [9.17, 15) is 54.7 Å². The number of hydrogen-bond acceptors (Lipinski definition) is 12. The van der Waals surface area contributed by atoms with Crippen LogP contribution in [0.1, 0.15) is 50.2 Å². The van der Waals surface area contributed by atoms with Crippen LogP contribution in [0.3, 0.4) is 0 Å². The highest BCUT2D eigenvalue weighted by atomic mass is 19.4. The van der Waals surface area contributed by atoms with Crippen molar-refractivity contribution in [1.29, 1.82) is 5.53 Å². The van der Waals surface area contributed by atoms with Crippen LogP contribution >= 0.6 is 0 Å². The molecule has 0 spiro atoms. The van der Waals surface area contributed by atoms with Gasteiger partial charge in [0.25, 0.3) is 11.8 Å². The smallest absolute Gasteiger partial charge is 0.409 e. The molecule has 5 rings (SSSR count). The van der Waals surface area contributed by atoms with E-state index < -0.39 is 82.1 Å². The lowest BCUT2D eigenvalue weighted by Gasteiger charge is -2.27.